The molecule has 1 aromatic carbocycles. The van der Waals surface area contributed by atoms with Gasteiger partial charge in [-0.15, -0.1) is 0 Å². The minimum absolute atomic E-state index is 0.102. The number of sulfonamides is 1. The highest BCUT2D eigenvalue weighted by Gasteiger charge is 2.26. The molecular formula is C14H19ClN2O3S. The van der Waals surface area contributed by atoms with Gasteiger partial charge in [-0.05, 0) is 50.5 Å². The van der Waals surface area contributed by atoms with Gasteiger partial charge >= 0.3 is 0 Å². The highest BCUT2D eigenvalue weighted by molar-refractivity contribution is 7.89. The second-order valence-electron chi connectivity index (χ2n) is 5.18. The highest BCUT2D eigenvalue weighted by atomic mass is 35.5. The summed E-state index contributed by atoms with van der Waals surface area (Å²) < 4.78 is 26.9. The molecule has 116 valence electrons. The van der Waals surface area contributed by atoms with Gasteiger partial charge in [0.15, 0.2) is 0 Å². The van der Waals surface area contributed by atoms with Crippen molar-refractivity contribution in [1.29, 1.82) is 0 Å². The van der Waals surface area contributed by atoms with Crippen molar-refractivity contribution in [3.05, 3.63) is 29.3 Å². The van der Waals surface area contributed by atoms with Crippen molar-refractivity contribution in [3.63, 3.8) is 0 Å². The van der Waals surface area contributed by atoms with Gasteiger partial charge < -0.3 is 4.90 Å². The second-order valence-corrected chi connectivity index (χ2v) is 7.33. The van der Waals surface area contributed by atoms with E-state index < -0.39 is 16.1 Å². The summed E-state index contributed by atoms with van der Waals surface area (Å²) in [6, 6.07) is 5.08. The number of halogens is 1. The number of hydrogen-bond donors (Lipinski definition) is 1. The minimum Gasteiger partial charge on any atom is -0.341 e. The zero-order valence-corrected chi connectivity index (χ0v) is 13.5. The van der Waals surface area contributed by atoms with Gasteiger partial charge in [-0.1, -0.05) is 11.6 Å². The lowest BCUT2D eigenvalue weighted by atomic mass is 10.1. The average Bonchev–Trinajstić information content (AvgIpc) is 2.47. The molecule has 1 aliphatic heterocycles. The zero-order chi connectivity index (χ0) is 15.5. The lowest BCUT2D eigenvalue weighted by Gasteiger charge is -2.29. The van der Waals surface area contributed by atoms with Crippen LogP contribution in [0, 0.1) is 0 Å². The topological polar surface area (TPSA) is 66.5 Å². The Labute approximate surface area is 130 Å². The summed E-state index contributed by atoms with van der Waals surface area (Å²) in [5.74, 6) is -0.174. The maximum absolute atomic E-state index is 12.2. The molecule has 0 spiro atoms. The molecule has 1 saturated heterocycles. The molecule has 0 aromatic heterocycles. The molecule has 2 rings (SSSR count). The molecule has 7 heteroatoms. The molecule has 1 heterocycles. The van der Waals surface area contributed by atoms with Gasteiger partial charge in [0.25, 0.3) is 0 Å². The number of benzene rings is 1. The Kier molecular flexibility index (Phi) is 5.24. The lowest BCUT2D eigenvalue weighted by molar-refractivity contribution is -0.133. The van der Waals surface area contributed by atoms with Crippen molar-refractivity contribution in [1.82, 2.24) is 9.62 Å². The van der Waals surface area contributed by atoms with Gasteiger partial charge in [-0.3, -0.25) is 4.79 Å². The molecule has 0 bridgehead atoms. The summed E-state index contributed by atoms with van der Waals surface area (Å²) in [5.41, 5.74) is 0. The van der Waals surface area contributed by atoms with Crippen LogP contribution in [-0.4, -0.2) is 38.4 Å². The molecule has 0 aliphatic carbocycles. The van der Waals surface area contributed by atoms with Crippen molar-refractivity contribution in [2.45, 2.75) is 37.1 Å². The molecule has 1 aliphatic rings. The Bertz CT molecular complexity index is 595. The summed E-state index contributed by atoms with van der Waals surface area (Å²) in [4.78, 5) is 14.1. The first kappa shape index (κ1) is 16.3. The third-order valence-electron chi connectivity index (χ3n) is 3.49. The maximum atomic E-state index is 12.2. The fraction of sp³-hybridized carbons (Fsp3) is 0.500. The van der Waals surface area contributed by atoms with Gasteiger partial charge in [0, 0.05) is 18.1 Å². The van der Waals surface area contributed by atoms with Gasteiger partial charge in [0.05, 0.1) is 10.9 Å². The van der Waals surface area contributed by atoms with Crippen LogP contribution in [0.4, 0.5) is 0 Å². The first-order valence-electron chi connectivity index (χ1n) is 6.97. The van der Waals surface area contributed by atoms with Gasteiger partial charge in [-0.25, -0.2) is 8.42 Å². The fourth-order valence-corrected chi connectivity index (χ4v) is 3.68. The summed E-state index contributed by atoms with van der Waals surface area (Å²) >= 11 is 5.74. The van der Waals surface area contributed by atoms with E-state index in [2.05, 4.69) is 4.72 Å². The van der Waals surface area contributed by atoms with E-state index >= 15 is 0 Å². The third-order valence-corrected chi connectivity index (χ3v) is 5.30. The van der Waals surface area contributed by atoms with Crippen molar-refractivity contribution in [3.8, 4) is 0 Å². The number of hydrogen-bond acceptors (Lipinski definition) is 3. The summed E-state index contributed by atoms with van der Waals surface area (Å²) in [6.07, 6.45) is 3.07. The van der Waals surface area contributed by atoms with Gasteiger partial charge in [-0.2, -0.15) is 4.72 Å². The van der Waals surface area contributed by atoms with E-state index in [0.29, 0.717) is 18.1 Å². The molecule has 5 nitrogen and oxygen atoms in total. The third kappa shape index (κ3) is 4.18. The number of rotatable bonds is 4. The quantitative estimate of drug-likeness (QED) is 0.918. The van der Waals surface area contributed by atoms with Crippen molar-refractivity contribution in [2.75, 3.05) is 13.1 Å². The summed E-state index contributed by atoms with van der Waals surface area (Å²) in [6.45, 7) is 2.97. The number of nitrogens with one attached hydrogen (secondary N) is 1. The first-order chi connectivity index (χ1) is 9.90. The zero-order valence-electron chi connectivity index (χ0n) is 11.9. The monoisotopic (exact) mass is 330 g/mol. The molecule has 21 heavy (non-hydrogen) atoms. The van der Waals surface area contributed by atoms with Crippen LogP contribution in [-0.2, 0) is 14.8 Å². The van der Waals surface area contributed by atoms with Crippen LogP contribution >= 0.6 is 11.6 Å². The SMILES string of the molecule is CC(NS(=O)(=O)c1ccc(Cl)cc1)C(=O)N1CCCCC1. The standard InChI is InChI=1S/C14H19ClN2O3S/c1-11(14(18)17-9-3-2-4-10-17)16-21(19,20)13-7-5-12(15)6-8-13/h5-8,11,16H,2-4,9-10H2,1H3. The van der Waals surface area contributed by atoms with E-state index in [1.165, 1.54) is 24.3 Å². The number of nitrogens with zero attached hydrogens (tertiary/aromatic N) is 1. The first-order valence-corrected chi connectivity index (χ1v) is 8.83. The molecule has 1 atom stereocenters. The predicted octanol–water partition coefficient (Wildman–Crippen LogP) is 2.02. The Balaban J connectivity index is 2.05. The van der Waals surface area contributed by atoms with E-state index in [1.807, 2.05) is 0 Å². The number of carbonyl (C=O) groups is 1. The van der Waals surface area contributed by atoms with E-state index in [9.17, 15) is 13.2 Å². The van der Waals surface area contributed by atoms with Crippen LogP contribution < -0.4 is 4.72 Å². The fourth-order valence-electron chi connectivity index (χ4n) is 2.35. The number of amides is 1. The molecule has 1 aromatic rings. The largest absolute Gasteiger partial charge is 0.341 e. The molecule has 1 amide bonds. The van der Waals surface area contributed by atoms with E-state index in [1.54, 1.807) is 11.8 Å². The molecule has 1 fully saturated rings. The smallest absolute Gasteiger partial charge is 0.241 e. The summed E-state index contributed by atoms with van der Waals surface area (Å²) in [7, 11) is -3.72. The van der Waals surface area contributed by atoms with Crippen molar-refractivity contribution < 1.29 is 13.2 Å². The van der Waals surface area contributed by atoms with Crippen LogP contribution in [0.5, 0.6) is 0 Å². The van der Waals surface area contributed by atoms with Gasteiger partial charge in [0.1, 0.15) is 0 Å². The van der Waals surface area contributed by atoms with Gasteiger partial charge in [0.2, 0.25) is 15.9 Å². The van der Waals surface area contributed by atoms with Crippen LogP contribution in [0.15, 0.2) is 29.2 Å². The molecule has 1 unspecified atom stereocenters. The van der Waals surface area contributed by atoms with E-state index in [4.69, 9.17) is 11.6 Å². The Morgan fingerprint density at radius 3 is 2.33 bits per heavy atom. The van der Waals surface area contributed by atoms with E-state index in [-0.39, 0.29) is 10.8 Å². The summed E-state index contributed by atoms with van der Waals surface area (Å²) in [5, 5.41) is 0.464. The van der Waals surface area contributed by atoms with Crippen LogP contribution in [0.2, 0.25) is 5.02 Å². The molecule has 0 saturated carbocycles. The number of piperidine rings is 1. The average molecular weight is 331 g/mol. The molecule has 0 radical (unpaired) electrons. The van der Waals surface area contributed by atoms with E-state index in [0.717, 1.165) is 19.3 Å². The molecular weight excluding hydrogens is 312 g/mol. The Hall–Kier alpha value is -1.11. The number of carbonyl (C=O) groups excluding carboxylic acids is 1. The Morgan fingerprint density at radius 2 is 1.76 bits per heavy atom. The lowest BCUT2D eigenvalue weighted by Crippen LogP contribution is -2.48. The van der Waals surface area contributed by atoms with Crippen molar-refractivity contribution >= 4 is 27.5 Å². The maximum Gasteiger partial charge on any atom is 0.241 e. The van der Waals surface area contributed by atoms with Crippen LogP contribution in [0.1, 0.15) is 26.2 Å². The highest BCUT2D eigenvalue weighted by Crippen LogP contribution is 2.15. The number of likely N-dealkylation sites (tertiary alicyclic amines) is 1. The minimum atomic E-state index is -3.72. The van der Waals surface area contributed by atoms with Crippen molar-refractivity contribution in [2.24, 2.45) is 0 Å². The van der Waals surface area contributed by atoms with Crippen LogP contribution in [0.3, 0.4) is 0 Å². The molecule has 1 N–H and O–H groups in total. The Morgan fingerprint density at radius 1 is 1.19 bits per heavy atom. The predicted molar refractivity (Wildman–Crippen MR) is 81.7 cm³/mol. The second kappa shape index (κ2) is 6.77. The normalized spacial score (nSPS) is 17.5. The van der Waals surface area contributed by atoms with Crippen LogP contribution in [0.25, 0.3) is 0 Å².